The Hall–Kier alpha value is -4.13. The highest BCUT2D eigenvalue weighted by Crippen LogP contribution is 2.36. The maximum absolute atomic E-state index is 13.4. The van der Waals surface area contributed by atoms with Crippen LogP contribution in [0.3, 0.4) is 0 Å². The van der Waals surface area contributed by atoms with Gasteiger partial charge in [-0.3, -0.25) is 14.2 Å². The minimum atomic E-state index is -4.71. The first-order valence-electron chi connectivity index (χ1n) is 12.5. The number of rotatable bonds is 9. The first-order chi connectivity index (χ1) is 19.2. The summed E-state index contributed by atoms with van der Waals surface area (Å²) in [6, 6.07) is 8.78. The molecule has 41 heavy (non-hydrogen) atoms. The van der Waals surface area contributed by atoms with Crippen molar-refractivity contribution in [2.45, 2.75) is 57.0 Å². The number of methoxy groups -OCH3 is 1. The van der Waals surface area contributed by atoms with Crippen molar-refractivity contribution in [2.75, 3.05) is 7.11 Å². The van der Waals surface area contributed by atoms with Gasteiger partial charge in [0.05, 0.1) is 12.7 Å². The van der Waals surface area contributed by atoms with Gasteiger partial charge in [-0.15, -0.1) is 5.10 Å². The molecule has 2 N–H and O–H groups in total. The van der Waals surface area contributed by atoms with Crippen molar-refractivity contribution in [3.8, 4) is 11.4 Å². The number of carbonyl (C=O) groups is 3. The number of halogens is 4. The average molecular weight is 594 g/mol. The van der Waals surface area contributed by atoms with Crippen LogP contribution in [0.2, 0.25) is 5.02 Å². The largest absolute Gasteiger partial charge is 0.467 e. The molecule has 1 fully saturated rings. The Morgan fingerprint density at radius 3 is 2.37 bits per heavy atom. The fourth-order valence-corrected chi connectivity index (χ4v) is 4.33. The van der Waals surface area contributed by atoms with Gasteiger partial charge in [0, 0.05) is 16.6 Å². The zero-order valence-electron chi connectivity index (χ0n) is 22.3. The summed E-state index contributed by atoms with van der Waals surface area (Å²) >= 11 is 5.98. The lowest BCUT2D eigenvalue weighted by Gasteiger charge is -2.27. The van der Waals surface area contributed by atoms with Crippen LogP contribution in [0.4, 0.5) is 13.2 Å². The molecule has 1 aliphatic carbocycles. The number of nitrogens with one attached hydrogen (secondary N) is 2. The standard InChI is InChI=1S/C27H27ClF3N5O5/c1-26(2,24(39)41-3)33-23(38)21(16-5-4-6-17(13-16)27(29,30)31)32-20(37)14-35-25(40)36(19-11-12-19)22(34-35)15-7-9-18(28)10-8-15/h4-10,13,19,21H,11-12,14H2,1-3H3,(H,32,37)(H,33,38). The predicted molar refractivity (Wildman–Crippen MR) is 142 cm³/mol. The highest BCUT2D eigenvalue weighted by molar-refractivity contribution is 6.30. The Kier molecular flexibility index (Phi) is 8.29. The number of nitrogens with zero attached hydrogens (tertiary/aromatic N) is 3. The van der Waals surface area contributed by atoms with Crippen LogP contribution in [0.1, 0.15) is 49.9 Å². The van der Waals surface area contributed by atoms with Crippen molar-refractivity contribution in [1.29, 1.82) is 0 Å². The number of benzene rings is 2. The Morgan fingerprint density at radius 1 is 1.12 bits per heavy atom. The number of hydrogen-bond donors (Lipinski definition) is 2. The molecule has 4 rings (SSSR count). The summed E-state index contributed by atoms with van der Waals surface area (Å²) in [7, 11) is 1.11. The first kappa shape index (κ1) is 29.8. The summed E-state index contributed by atoms with van der Waals surface area (Å²) in [5.41, 5.74) is -2.75. The van der Waals surface area contributed by atoms with Gasteiger partial charge >= 0.3 is 17.8 Å². The van der Waals surface area contributed by atoms with E-state index in [9.17, 15) is 32.3 Å². The predicted octanol–water partition coefficient (Wildman–Crippen LogP) is 3.64. The fraction of sp³-hybridized carbons (Fsp3) is 0.370. The second kappa shape index (κ2) is 11.4. The van der Waals surface area contributed by atoms with E-state index in [-0.39, 0.29) is 11.6 Å². The molecule has 0 spiro atoms. The number of amides is 2. The SMILES string of the molecule is COC(=O)C(C)(C)NC(=O)C(NC(=O)Cn1nc(-c2ccc(Cl)cc2)n(C2CC2)c1=O)c1cccc(C(F)(F)F)c1. The lowest BCUT2D eigenvalue weighted by Crippen LogP contribution is -2.54. The molecular formula is C27H27ClF3N5O5. The summed E-state index contributed by atoms with van der Waals surface area (Å²) in [5.74, 6) is -2.32. The van der Waals surface area contributed by atoms with Crippen molar-refractivity contribution in [2.24, 2.45) is 0 Å². The summed E-state index contributed by atoms with van der Waals surface area (Å²) < 4.78 is 47.3. The molecule has 1 aliphatic rings. The van der Waals surface area contributed by atoms with Crippen LogP contribution >= 0.6 is 11.6 Å². The van der Waals surface area contributed by atoms with E-state index in [1.165, 1.54) is 24.5 Å². The molecule has 10 nitrogen and oxygen atoms in total. The molecule has 2 amide bonds. The number of aromatic nitrogens is 3. The summed E-state index contributed by atoms with van der Waals surface area (Å²) in [5, 5.41) is 9.61. The van der Waals surface area contributed by atoms with E-state index in [1.54, 1.807) is 24.3 Å². The van der Waals surface area contributed by atoms with Gasteiger partial charge in [-0.25, -0.2) is 14.3 Å². The summed E-state index contributed by atoms with van der Waals surface area (Å²) in [4.78, 5) is 51.7. The highest BCUT2D eigenvalue weighted by Gasteiger charge is 2.36. The normalized spacial score (nSPS) is 14.3. The third-order valence-corrected chi connectivity index (χ3v) is 6.68. The van der Waals surface area contributed by atoms with E-state index in [1.807, 2.05) is 0 Å². The maximum Gasteiger partial charge on any atom is 0.416 e. The van der Waals surface area contributed by atoms with E-state index in [0.717, 1.165) is 42.8 Å². The van der Waals surface area contributed by atoms with Crippen molar-refractivity contribution < 1.29 is 32.3 Å². The number of esters is 1. The van der Waals surface area contributed by atoms with Crippen LogP contribution in [-0.4, -0.2) is 44.8 Å². The molecule has 2 aromatic carbocycles. The van der Waals surface area contributed by atoms with Gasteiger partial charge in [0.15, 0.2) is 5.82 Å². The van der Waals surface area contributed by atoms with Gasteiger partial charge in [-0.05, 0) is 68.7 Å². The van der Waals surface area contributed by atoms with Crippen LogP contribution in [0.25, 0.3) is 11.4 Å². The second-order valence-electron chi connectivity index (χ2n) is 10.1. The molecule has 14 heteroatoms. The number of hydrogen-bond acceptors (Lipinski definition) is 6. The van der Waals surface area contributed by atoms with Crippen molar-refractivity contribution >= 4 is 29.4 Å². The molecule has 1 heterocycles. The van der Waals surface area contributed by atoms with E-state index in [4.69, 9.17) is 11.6 Å². The summed E-state index contributed by atoms with van der Waals surface area (Å²) in [6.07, 6.45) is -3.20. The van der Waals surface area contributed by atoms with Gasteiger partial charge in [-0.2, -0.15) is 13.2 Å². The Morgan fingerprint density at radius 2 is 1.78 bits per heavy atom. The molecule has 3 aromatic rings. The van der Waals surface area contributed by atoms with Crippen molar-refractivity contribution in [1.82, 2.24) is 25.0 Å². The number of ether oxygens (including phenoxy) is 1. The van der Waals surface area contributed by atoms with Crippen LogP contribution < -0.4 is 16.3 Å². The van der Waals surface area contributed by atoms with E-state index in [0.29, 0.717) is 16.4 Å². The minimum Gasteiger partial charge on any atom is -0.467 e. The lowest BCUT2D eigenvalue weighted by atomic mass is 10.00. The first-order valence-corrected chi connectivity index (χ1v) is 12.9. The van der Waals surface area contributed by atoms with Gasteiger partial charge in [0.1, 0.15) is 18.1 Å². The van der Waals surface area contributed by atoms with E-state index < -0.39 is 53.3 Å². The molecular weight excluding hydrogens is 567 g/mol. The van der Waals surface area contributed by atoms with E-state index in [2.05, 4.69) is 20.5 Å². The molecule has 0 bridgehead atoms. The second-order valence-corrected chi connectivity index (χ2v) is 10.5. The summed E-state index contributed by atoms with van der Waals surface area (Å²) in [6.45, 7) is 2.05. The van der Waals surface area contributed by atoms with Crippen molar-refractivity contribution in [3.05, 3.63) is 75.2 Å². The van der Waals surface area contributed by atoms with Crippen LogP contribution in [0.5, 0.6) is 0 Å². The Bertz CT molecular complexity index is 1530. The van der Waals surface area contributed by atoms with Crippen molar-refractivity contribution in [3.63, 3.8) is 0 Å². The number of carbonyl (C=O) groups excluding carboxylic acids is 3. The van der Waals surface area contributed by atoms with Gasteiger partial charge in [-0.1, -0.05) is 23.7 Å². The van der Waals surface area contributed by atoms with Crippen LogP contribution in [0, 0.1) is 0 Å². The van der Waals surface area contributed by atoms with Crippen LogP contribution in [0.15, 0.2) is 53.3 Å². The molecule has 0 aliphatic heterocycles. The maximum atomic E-state index is 13.4. The topological polar surface area (TPSA) is 124 Å². The molecule has 1 aromatic heterocycles. The van der Waals surface area contributed by atoms with Gasteiger partial charge < -0.3 is 15.4 Å². The quantitative estimate of drug-likeness (QED) is 0.365. The lowest BCUT2D eigenvalue weighted by molar-refractivity contribution is -0.149. The minimum absolute atomic E-state index is 0.0887. The van der Waals surface area contributed by atoms with E-state index >= 15 is 0 Å². The molecule has 0 saturated heterocycles. The molecule has 218 valence electrons. The smallest absolute Gasteiger partial charge is 0.416 e. The monoisotopic (exact) mass is 593 g/mol. The average Bonchev–Trinajstić information content (AvgIpc) is 3.70. The third kappa shape index (κ3) is 6.79. The zero-order valence-corrected chi connectivity index (χ0v) is 23.0. The molecule has 1 atom stereocenters. The molecule has 0 radical (unpaired) electrons. The van der Waals surface area contributed by atoms with Gasteiger partial charge in [0.2, 0.25) is 11.8 Å². The molecule has 1 unspecified atom stereocenters. The Labute approximate surface area is 237 Å². The van der Waals surface area contributed by atoms with Gasteiger partial charge in [0.25, 0.3) is 0 Å². The zero-order chi connectivity index (χ0) is 30.1. The third-order valence-electron chi connectivity index (χ3n) is 6.42. The Balaban J connectivity index is 1.64. The van der Waals surface area contributed by atoms with Crippen LogP contribution in [-0.2, 0) is 31.8 Å². The number of alkyl halides is 3. The fourth-order valence-electron chi connectivity index (χ4n) is 4.20. The highest BCUT2D eigenvalue weighted by atomic mass is 35.5. The molecule has 1 saturated carbocycles.